The van der Waals surface area contributed by atoms with Crippen molar-refractivity contribution in [2.45, 2.75) is 76.4 Å². The zero-order valence-corrected chi connectivity index (χ0v) is 25.4. The van der Waals surface area contributed by atoms with E-state index in [0.717, 1.165) is 46.7 Å². The van der Waals surface area contributed by atoms with Crippen LogP contribution in [0.4, 0.5) is 5.69 Å². The van der Waals surface area contributed by atoms with Gasteiger partial charge in [-0.3, -0.25) is 13.9 Å². The number of aryl methyl sites for hydroxylation is 2. The Hall–Kier alpha value is -3.36. The topological polar surface area (TPSA) is 86.8 Å². The fourth-order valence-electron chi connectivity index (χ4n) is 5.16. The Morgan fingerprint density at radius 2 is 1.63 bits per heavy atom. The maximum atomic E-state index is 14.2. The fraction of sp³-hybridized carbons (Fsp3) is 0.375. The van der Waals surface area contributed by atoms with E-state index in [1.807, 2.05) is 45.0 Å². The zero-order chi connectivity index (χ0) is 29.6. The van der Waals surface area contributed by atoms with E-state index in [9.17, 15) is 18.0 Å². The van der Waals surface area contributed by atoms with Crippen LogP contribution in [0.1, 0.15) is 55.7 Å². The molecule has 3 aromatic carbocycles. The number of anilines is 1. The van der Waals surface area contributed by atoms with Gasteiger partial charge in [-0.25, -0.2) is 8.42 Å². The summed E-state index contributed by atoms with van der Waals surface area (Å²) >= 11 is 6.40. The summed E-state index contributed by atoms with van der Waals surface area (Å²) in [5.74, 6) is -0.689. The van der Waals surface area contributed by atoms with Crippen molar-refractivity contribution in [2.24, 2.45) is 0 Å². The Labute approximate surface area is 248 Å². The Morgan fingerprint density at radius 1 is 0.976 bits per heavy atom. The number of nitrogens with zero attached hydrogens (tertiary/aromatic N) is 2. The molecule has 1 saturated carbocycles. The lowest BCUT2D eigenvalue weighted by Crippen LogP contribution is -2.53. The van der Waals surface area contributed by atoms with E-state index in [4.69, 9.17) is 11.6 Å². The minimum Gasteiger partial charge on any atom is -0.352 e. The molecule has 0 aromatic heterocycles. The summed E-state index contributed by atoms with van der Waals surface area (Å²) in [6.07, 6.45) is 4.37. The van der Waals surface area contributed by atoms with Crippen LogP contribution in [0.5, 0.6) is 0 Å². The second-order valence-corrected chi connectivity index (χ2v) is 12.9. The Balaban J connectivity index is 1.72. The first-order chi connectivity index (χ1) is 19.6. The van der Waals surface area contributed by atoms with Gasteiger partial charge in [0.05, 0.1) is 10.6 Å². The number of sulfonamides is 1. The van der Waals surface area contributed by atoms with Crippen molar-refractivity contribution in [1.82, 2.24) is 10.2 Å². The Morgan fingerprint density at radius 3 is 2.24 bits per heavy atom. The number of halogens is 1. The summed E-state index contributed by atoms with van der Waals surface area (Å²) in [6, 6.07) is 20.0. The van der Waals surface area contributed by atoms with E-state index in [1.54, 1.807) is 36.4 Å². The number of carbonyl (C=O) groups excluding carboxylic acids is 2. The van der Waals surface area contributed by atoms with Crippen molar-refractivity contribution >= 4 is 39.1 Å². The van der Waals surface area contributed by atoms with Crippen LogP contribution in [0, 0.1) is 13.8 Å². The van der Waals surface area contributed by atoms with Gasteiger partial charge in [-0.05, 0) is 68.5 Å². The normalized spacial score (nSPS) is 14.4. The molecule has 0 bridgehead atoms. The molecule has 3 aromatic rings. The lowest BCUT2D eigenvalue weighted by Gasteiger charge is -2.34. The molecule has 0 aliphatic heterocycles. The molecule has 0 spiro atoms. The van der Waals surface area contributed by atoms with Gasteiger partial charge in [-0.1, -0.05) is 85.5 Å². The molecule has 2 amide bonds. The van der Waals surface area contributed by atoms with Gasteiger partial charge in [0.15, 0.2) is 0 Å². The molecule has 1 N–H and O–H groups in total. The molecule has 4 rings (SSSR count). The summed E-state index contributed by atoms with van der Waals surface area (Å²) < 4.78 is 28.9. The summed E-state index contributed by atoms with van der Waals surface area (Å²) in [4.78, 5) is 29.3. The average Bonchev–Trinajstić information content (AvgIpc) is 3.47. The summed E-state index contributed by atoms with van der Waals surface area (Å²) in [7, 11) is -4.14. The van der Waals surface area contributed by atoms with Gasteiger partial charge >= 0.3 is 0 Å². The van der Waals surface area contributed by atoms with Crippen molar-refractivity contribution < 1.29 is 18.0 Å². The first-order valence-electron chi connectivity index (χ1n) is 14.1. The first kappa shape index (κ1) is 30.6. The quantitative estimate of drug-likeness (QED) is 0.294. The SMILES string of the molecule is CCC(C(=O)NC1CCCC1)N(Cc1ccc(C)cc1)C(=O)CN(c1ccc(C)c(Cl)c1)S(=O)(=O)c1ccccc1. The smallest absolute Gasteiger partial charge is 0.264 e. The number of hydrogen-bond acceptors (Lipinski definition) is 4. The second-order valence-electron chi connectivity index (χ2n) is 10.7. The van der Waals surface area contributed by atoms with Crippen LogP contribution in [0.3, 0.4) is 0 Å². The molecule has 1 aliphatic carbocycles. The molecule has 0 heterocycles. The molecule has 41 heavy (non-hydrogen) atoms. The molecule has 9 heteroatoms. The molecule has 7 nitrogen and oxygen atoms in total. The molecule has 1 aliphatic rings. The highest BCUT2D eigenvalue weighted by Crippen LogP contribution is 2.29. The zero-order valence-electron chi connectivity index (χ0n) is 23.8. The van der Waals surface area contributed by atoms with Crippen LogP contribution in [-0.4, -0.2) is 43.8 Å². The van der Waals surface area contributed by atoms with Crippen LogP contribution >= 0.6 is 11.6 Å². The Bertz CT molecular complexity index is 1460. The molecule has 218 valence electrons. The van der Waals surface area contributed by atoms with Crippen molar-refractivity contribution in [3.05, 3.63) is 94.5 Å². The van der Waals surface area contributed by atoms with Gasteiger partial charge < -0.3 is 10.2 Å². The molecule has 0 radical (unpaired) electrons. The van der Waals surface area contributed by atoms with Gasteiger partial charge in [0, 0.05) is 17.6 Å². The highest BCUT2D eigenvalue weighted by atomic mass is 35.5. The van der Waals surface area contributed by atoms with Gasteiger partial charge in [-0.2, -0.15) is 0 Å². The van der Waals surface area contributed by atoms with Crippen LogP contribution in [0.25, 0.3) is 0 Å². The lowest BCUT2D eigenvalue weighted by molar-refractivity contribution is -0.140. The van der Waals surface area contributed by atoms with E-state index in [2.05, 4.69) is 5.32 Å². The Kier molecular flexibility index (Phi) is 10.1. The third-order valence-corrected chi connectivity index (χ3v) is 9.81. The molecule has 1 fully saturated rings. The van der Waals surface area contributed by atoms with E-state index in [0.29, 0.717) is 11.4 Å². The average molecular weight is 596 g/mol. The van der Waals surface area contributed by atoms with Crippen LogP contribution in [0.15, 0.2) is 77.7 Å². The van der Waals surface area contributed by atoms with Crippen molar-refractivity contribution in [3.8, 4) is 0 Å². The van der Waals surface area contributed by atoms with Crippen molar-refractivity contribution in [2.75, 3.05) is 10.8 Å². The predicted octanol–water partition coefficient (Wildman–Crippen LogP) is 6.02. The van der Waals surface area contributed by atoms with Gasteiger partial charge in [0.25, 0.3) is 10.0 Å². The molecular formula is C32H38ClN3O4S. The number of amides is 2. The van der Waals surface area contributed by atoms with Gasteiger partial charge in [0.1, 0.15) is 12.6 Å². The lowest BCUT2D eigenvalue weighted by atomic mass is 10.1. The third kappa shape index (κ3) is 7.49. The summed E-state index contributed by atoms with van der Waals surface area (Å²) in [5, 5.41) is 3.52. The van der Waals surface area contributed by atoms with E-state index < -0.39 is 28.5 Å². The maximum absolute atomic E-state index is 14.2. The van der Waals surface area contributed by atoms with E-state index >= 15 is 0 Å². The standard InChI is InChI=1S/C32H38ClN3O4S/c1-4-30(32(38)34-26-10-8-9-11-26)35(21-25-17-14-23(2)15-18-25)31(37)22-36(27-19-16-24(3)29(33)20-27)41(39,40)28-12-6-5-7-13-28/h5-7,12-20,26,30H,4,8-11,21-22H2,1-3H3,(H,34,38). The molecule has 0 saturated heterocycles. The van der Waals surface area contributed by atoms with E-state index in [-0.39, 0.29) is 29.1 Å². The third-order valence-electron chi connectivity index (χ3n) is 7.61. The highest BCUT2D eigenvalue weighted by molar-refractivity contribution is 7.92. The number of hydrogen-bond donors (Lipinski definition) is 1. The predicted molar refractivity (Wildman–Crippen MR) is 163 cm³/mol. The second kappa shape index (κ2) is 13.5. The van der Waals surface area contributed by atoms with Crippen LogP contribution in [0.2, 0.25) is 5.02 Å². The minimum absolute atomic E-state index is 0.0561. The van der Waals surface area contributed by atoms with Gasteiger partial charge in [0.2, 0.25) is 11.8 Å². The number of benzene rings is 3. The molecular weight excluding hydrogens is 558 g/mol. The number of rotatable bonds is 11. The number of nitrogens with one attached hydrogen (secondary N) is 1. The van der Waals surface area contributed by atoms with Crippen molar-refractivity contribution in [3.63, 3.8) is 0 Å². The summed E-state index contributed by atoms with van der Waals surface area (Å²) in [5.41, 5.74) is 2.99. The maximum Gasteiger partial charge on any atom is 0.264 e. The van der Waals surface area contributed by atoms with Crippen molar-refractivity contribution in [1.29, 1.82) is 0 Å². The highest BCUT2D eigenvalue weighted by Gasteiger charge is 2.34. The van der Waals surface area contributed by atoms with E-state index in [1.165, 1.54) is 17.0 Å². The fourth-order valence-corrected chi connectivity index (χ4v) is 6.76. The largest absolute Gasteiger partial charge is 0.352 e. The molecule has 1 atom stereocenters. The first-order valence-corrected chi connectivity index (χ1v) is 15.9. The summed E-state index contributed by atoms with van der Waals surface area (Å²) in [6.45, 7) is 5.35. The van der Waals surface area contributed by atoms with Crippen LogP contribution < -0.4 is 9.62 Å². The number of carbonyl (C=O) groups is 2. The molecule has 1 unspecified atom stereocenters. The monoisotopic (exact) mass is 595 g/mol. The van der Waals surface area contributed by atoms with Gasteiger partial charge in [-0.15, -0.1) is 0 Å². The van der Waals surface area contributed by atoms with Crippen LogP contribution in [-0.2, 0) is 26.2 Å². The minimum atomic E-state index is -4.14.